The summed E-state index contributed by atoms with van der Waals surface area (Å²) in [5.41, 5.74) is 1.13. The zero-order chi connectivity index (χ0) is 16.7. The molecule has 0 aromatic heterocycles. The zero-order valence-electron chi connectivity index (χ0n) is 13.9. The smallest absolute Gasteiger partial charge is 0.242 e. The number of anilines is 1. The van der Waals surface area contributed by atoms with Crippen molar-refractivity contribution in [3.8, 4) is 5.75 Å². The molecule has 0 radical (unpaired) electrons. The van der Waals surface area contributed by atoms with E-state index in [2.05, 4.69) is 10.2 Å². The Balaban J connectivity index is 1.78. The number of hydrogen-bond acceptors (Lipinski definition) is 4. The second kappa shape index (κ2) is 8.41. The van der Waals surface area contributed by atoms with E-state index in [1.165, 1.54) is 0 Å². The van der Waals surface area contributed by atoms with Crippen LogP contribution in [0.25, 0.3) is 0 Å². The normalized spacial score (nSPS) is 14.5. The maximum Gasteiger partial charge on any atom is 0.242 e. The molecule has 1 aliphatic heterocycles. The summed E-state index contributed by atoms with van der Waals surface area (Å²) < 4.78 is 5.16. The molecular weight excluding hydrogens is 294 g/mol. The number of carbonyl (C=O) groups excluding carboxylic acids is 2. The number of nitrogens with one attached hydrogen (secondary N) is 1. The molecule has 1 fully saturated rings. The number of carbonyl (C=O) groups is 2. The van der Waals surface area contributed by atoms with Crippen molar-refractivity contribution in [3.05, 3.63) is 24.3 Å². The Morgan fingerprint density at radius 2 is 1.78 bits per heavy atom. The SMILES string of the molecule is CCCC(=O)NCC(=O)N1CCN(c2ccc(OC)cc2)CC1. The van der Waals surface area contributed by atoms with Gasteiger partial charge in [0.2, 0.25) is 11.8 Å². The van der Waals surface area contributed by atoms with E-state index >= 15 is 0 Å². The monoisotopic (exact) mass is 319 g/mol. The van der Waals surface area contributed by atoms with Gasteiger partial charge in [0.05, 0.1) is 13.7 Å². The number of hydrogen-bond donors (Lipinski definition) is 1. The van der Waals surface area contributed by atoms with Gasteiger partial charge in [0, 0.05) is 38.3 Å². The van der Waals surface area contributed by atoms with E-state index in [1.54, 1.807) is 7.11 Å². The molecule has 6 nitrogen and oxygen atoms in total. The minimum absolute atomic E-state index is 0.0103. The van der Waals surface area contributed by atoms with Crippen LogP contribution >= 0.6 is 0 Å². The molecule has 1 saturated heterocycles. The van der Waals surface area contributed by atoms with Gasteiger partial charge in [0.15, 0.2) is 0 Å². The lowest BCUT2D eigenvalue weighted by Gasteiger charge is -2.36. The molecule has 0 atom stereocenters. The highest BCUT2D eigenvalue weighted by Gasteiger charge is 2.21. The summed E-state index contributed by atoms with van der Waals surface area (Å²) >= 11 is 0. The molecule has 2 rings (SSSR count). The maximum atomic E-state index is 12.1. The van der Waals surface area contributed by atoms with Crippen LogP contribution < -0.4 is 15.0 Å². The highest BCUT2D eigenvalue weighted by molar-refractivity contribution is 5.84. The molecule has 0 spiro atoms. The van der Waals surface area contributed by atoms with E-state index in [0.717, 1.165) is 30.9 Å². The predicted molar refractivity (Wildman–Crippen MR) is 89.7 cm³/mol. The van der Waals surface area contributed by atoms with Gasteiger partial charge in [-0.3, -0.25) is 9.59 Å². The van der Waals surface area contributed by atoms with Crippen LogP contribution in [0.1, 0.15) is 19.8 Å². The van der Waals surface area contributed by atoms with Crippen LogP contribution in [-0.4, -0.2) is 56.5 Å². The Labute approximate surface area is 137 Å². The molecule has 2 amide bonds. The number of ether oxygens (including phenoxy) is 1. The molecule has 0 aliphatic carbocycles. The Bertz CT molecular complexity index is 522. The van der Waals surface area contributed by atoms with Crippen LogP contribution in [0.15, 0.2) is 24.3 Å². The summed E-state index contributed by atoms with van der Waals surface area (Å²) in [7, 11) is 1.65. The largest absolute Gasteiger partial charge is 0.497 e. The van der Waals surface area contributed by atoms with Crippen molar-refractivity contribution in [1.29, 1.82) is 0 Å². The zero-order valence-corrected chi connectivity index (χ0v) is 13.9. The molecule has 1 aliphatic rings. The van der Waals surface area contributed by atoms with Crippen molar-refractivity contribution in [2.24, 2.45) is 0 Å². The van der Waals surface area contributed by atoms with E-state index in [1.807, 2.05) is 36.1 Å². The van der Waals surface area contributed by atoms with Crippen molar-refractivity contribution in [2.75, 3.05) is 44.7 Å². The molecule has 1 aromatic rings. The standard InChI is InChI=1S/C17H25N3O3/c1-3-4-16(21)18-13-17(22)20-11-9-19(10-12-20)14-5-7-15(23-2)8-6-14/h5-8H,3-4,9-13H2,1-2H3,(H,18,21). The first-order valence-corrected chi connectivity index (χ1v) is 8.07. The van der Waals surface area contributed by atoms with Crippen molar-refractivity contribution < 1.29 is 14.3 Å². The van der Waals surface area contributed by atoms with Gasteiger partial charge in [-0.15, -0.1) is 0 Å². The second-order valence-corrected chi connectivity index (χ2v) is 5.59. The van der Waals surface area contributed by atoms with Gasteiger partial charge in [0.1, 0.15) is 5.75 Å². The lowest BCUT2D eigenvalue weighted by atomic mass is 10.2. The van der Waals surface area contributed by atoms with E-state index in [4.69, 9.17) is 4.74 Å². The van der Waals surface area contributed by atoms with Gasteiger partial charge >= 0.3 is 0 Å². The van der Waals surface area contributed by atoms with Crippen LogP contribution in [0.4, 0.5) is 5.69 Å². The van der Waals surface area contributed by atoms with Crippen molar-refractivity contribution in [1.82, 2.24) is 10.2 Å². The summed E-state index contributed by atoms with van der Waals surface area (Å²) in [5.74, 6) is 0.770. The summed E-state index contributed by atoms with van der Waals surface area (Å²) in [6.07, 6.45) is 1.26. The molecule has 6 heteroatoms. The van der Waals surface area contributed by atoms with Gasteiger partial charge in [-0.25, -0.2) is 0 Å². The Morgan fingerprint density at radius 1 is 1.13 bits per heavy atom. The molecule has 126 valence electrons. The minimum atomic E-state index is -0.0577. The lowest BCUT2D eigenvalue weighted by molar-refractivity contribution is -0.133. The topological polar surface area (TPSA) is 61.9 Å². The molecular formula is C17H25N3O3. The summed E-state index contributed by atoms with van der Waals surface area (Å²) in [4.78, 5) is 27.6. The van der Waals surface area contributed by atoms with Crippen molar-refractivity contribution >= 4 is 17.5 Å². The number of rotatable bonds is 6. The molecule has 1 N–H and O–H groups in total. The van der Waals surface area contributed by atoms with Gasteiger partial charge in [0.25, 0.3) is 0 Å². The molecule has 1 aromatic carbocycles. The first kappa shape index (κ1) is 17.1. The molecule has 1 heterocycles. The molecule has 0 saturated carbocycles. The number of benzene rings is 1. The van der Waals surface area contributed by atoms with Crippen LogP contribution in [0, 0.1) is 0 Å². The van der Waals surface area contributed by atoms with Crippen LogP contribution in [0.5, 0.6) is 5.75 Å². The van der Waals surface area contributed by atoms with Crippen LogP contribution in [0.2, 0.25) is 0 Å². The lowest BCUT2D eigenvalue weighted by Crippen LogP contribution is -2.51. The molecule has 23 heavy (non-hydrogen) atoms. The Kier molecular flexibility index (Phi) is 6.26. The average molecular weight is 319 g/mol. The number of methoxy groups -OCH3 is 1. The van der Waals surface area contributed by atoms with Gasteiger partial charge in [-0.1, -0.05) is 6.92 Å². The second-order valence-electron chi connectivity index (χ2n) is 5.59. The first-order chi connectivity index (χ1) is 11.1. The van der Waals surface area contributed by atoms with Gasteiger partial charge in [-0.2, -0.15) is 0 Å². The molecule has 0 bridgehead atoms. The fourth-order valence-electron chi connectivity index (χ4n) is 2.61. The highest BCUT2D eigenvalue weighted by atomic mass is 16.5. The third kappa shape index (κ3) is 4.87. The van der Waals surface area contributed by atoms with Gasteiger partial charge in [-0.05, 0) is 30.7 Å². The third-order valence-corrected chi connectivity index (χ3v) is 3.98. The molecule has 0 unspecified atom stereocenters. The van der Waals surface area contributed by atoms with Crippen LogP contribution in [-0.2, 0) is 9.59 Å². The number of amides is 2. The summed E-state index contributed by atoms with van der Waals surface area (Å²) in [5, 5.41) is 2.68. The van der Waals surface area contributed by atoms with E-state index in [9.17, 15) is 9.59 Å². The maximum absolute atomic E-state index is 12.1. The summed E-state index contributed by atoms with van der Waals surface area (Å²) in [6.45, 7) is 4.98. The van der Waals surface area contributed by atoms with Gasteiger partial charge < -0.3 is 19.9 Å². The third-order valence-electron chi connectivity index (χ3n) is 3.98. The van der Waals surface area contributed by atoms with E-state index in [-0.39, 0.29) is 18.4 Å². The Morgan fingerprint density at radius 3 is 2.35 bits per heavy atom. The van der Waals surface area contributed by atoms with E-state index in [0.29, 0.717) is 19.5 Å². The Hall–Kier alpha value is -2.24. The van der Waals surface area contributed by atoms with Crippen molar-refractivity contribution in [2.45, 2.75) is 19.8 Å². The quantitative estimate of drug-likeness (QED) is 0.857. The fourth-order valence-corrected chi connectivity index (χ4v) is 2.61. The minimum Gasteiger partial charge on any atom is -0.497 e. The van der Waals surface area contributed by atoms with E-state index < -0.39 is 0 Å². The highest BCUT2D eigenvalue weighted by Crippen LogP contribution is 2.20. The number of nitrogens with zero attached hydrogens (tertiary/aromatic N) is 2. The van der Waals surface area contributed by atoms with Crippen molar-refractivity contribution in [3.63, 3.8) is 0 Å². The summed E-state index contributed by atoms with van der Waals surface area (Å²) in [6, 6.07) is 7.94. The average Bonchev–Trinajstić information content (AvgIpc) is 2.60. The first-order valence-electron chi connectivity index (χ1n) is 8.07. The predicted octanol–water partition coefficient (Wildman–Crippen LogP) is 1.26. The van der Waals surface area contributed by atoms with Crippen LogP contribution in [0.3, 0.4) is 0 Å². The number of piperazine rings is 1. The fraction of sp³-hybridized carbons (Fsp3) is 0.529.